The topological polar surface area (TPSA) is 109 Å². The molecule has 0 spiro atoms. The van der Waals surface area contributed by atoms with Gasteiger partial charge in [0.15, 0.2) is 0 Å². The number of hydrogen-bond donors (Lipinski definition) is 2. The lowest BCUT2D eigenvalue weighted by molar-refractivity contribution is -0.0440. The minimum Gasteiger partial charge on any atom is -0.373 e. The Balaban J connectivity index is 1.64. The molecular weight excluding hydrogens is 370 g/mol. The van der Waals surface area contributed by atoms with E-state index in [-0.39, 0.29) is 35.5 Å². The number of carbonyl (C=O) groups excluding carboxylic acids is 1. The lowest BCUT2D eigenvalue weighted by Crippen LogP contribution is -2.49. The number of aromatic amines is 1. The molecule has 146 valence electrons. The van der Waals surface area contributed by atoms with Crippen molar-refractivity contribution < 1.29 is 17.9 Å². The van der Waals surface area contributed by atoms with Gasteiger partial charge in [0.25, 0.3) is 5.91 Å². The first-order chi connectivity index (χ1) is 12.8. The summed E-state index contributed by atoms with van der Waals surface area (Å²) < 4.78 is 31.9. The number of ether oxygens (including phenoxy) is 1. The molecule has 1 aromatic carbocycles. The number of rotatable bonds is 5. The van der Waals surface area contributed by atoms with Gasteiger partial charge in [0.05, 0.1) is 18.0 Å². The third kappa shape index (κ3) is 4.37. The number of nitrogens with zero attached hydrogens (tertiary/aromatic N) is 1. The fourth-order valence-electron chi connectivity index (χ4n) is 3.21. The minimum atomic E-state index is -3.52. The van der Waals surface area contributed by atoms with Gasteiger partial charge in [-0.15, -0.1) is 0 Å². The van der Waals surface area contributed by atoms with Gasteiger partial charge in [-0.25, -0.2) is 8.42 Å². The van der Waals surface area contributed by atoms with Crippen molar-refractivity contribution in [2.75, 3.05) is 25.4 Å². The number of pyridine rings is 1. The number of para-hydroxylation sites is 1. The summed E-state index contributed by atoms with van der Waals surface area (Å²) in [5, 5.41) is 2.94. The fourth-order valence-corrected chi connectivity index (χ4v) is 4.70. The summed E-state index contributed by atoms with van der Waals surface area (Å²) in [7, 11) is -3.52. The highest BCUT2D eigenvalue weighted by Gasteiger charge is 2.30. The number of morpholine rings is 1. The van der Waals surface area contributed by atoms with E-state index >= 15 is 0 Å². The normalized spacial score (nSPS) is 21.3. The van der Waals surface area contributed by atoms with Gasteiger partial charge < -0.3 is 15.0 Å². The van der Waals surface area contributed by atoms with Crippen molar-refractivity contribution in [3.05, 3.63) is 46.2 Å². The number of amides is 1. The molecule has 8 nitrogen and oxygen atoms in total. The first-order valence-electron chi connectivity index (χ1n) is 8.80. The summed E-state index contributed by atoms with van der Waals surface area (Å²) in [6.45, 7) is 4.17. The largest absolute Gasteiger partial charge is 0.373 e. The Morgan fingerprint density at radius 3 is 2.63 bits per heavy atom. The van der Waals surface area contributed by atoms with Gasteiger partial charge in [0.2, 0.25) is 15.5 Å². The lowest BCUT2D eigenvalue weighted by atomic mass is 10.1. The zero-order valence-corrected chi connectivity index (χ0v) is 16.1. The SMILES string of the molecule is CC1CN(S(=O)(=O)CCNC(=O)c2c[nH]c3ccccc3c2=O)CC(C)O1. The molecule has 27 heavy (non-hydrogen) atoms. The van der Waals surface area contributed by atoms with Crippen LogP contribution in [0.2, 0.25) is 0 Å². The molecule has 2 N–H and O–H groups in total. The van der Waals surface area contributed by atoms with Crippen LogP contribution in [-0.4, -0.2) is 61.2 Å². The number of benzene rings is 1. The third-order valence-electron chi connectivity index (χ3n) is 4.46. The van der Waals surface area contributed by atoms with E-state index in [1.807, 2.05) is 13.8 Å². The molecule has 1 fully saturated rings. The smallest absolute Gasteiger partial charge is 0.256 e. The van der Waals surface area contributed by atoms with Crippen LogP contribution < -0.4 is 10.7 Å². The van der Waals surface area contributed by atoms with Crippen molar-refractivity contribution in [3.63, 3.8) is 0 Å². The van der Waals surface area contributed by atoms with E-state index in [1.165, 1.54) is 10.5 Å². The second-order valence-electron chi connectivity index (χ2n) is 6.72. The third-order valence-corrected chi connectivity index (χ3v) is 6.26. The first-order valence-corrected chi connectivity index (χ1v) is 10.4. The van der Waals surface area contributed by atoms with Crippen LogP contribution in [0, 0.1) is 0 Å². The molecule has 3 rings (SSSR count). The molecule has 0 radical (unpaired) electrons. The number of carbonyl (C=O) groups is 1. The van der Waals surface area contributed by atoms with Gasteiger partial charge in [-0.05, 0) is 26.0 Å². The highest BCUT2D eigenvalue weighted by molar-refractivity contribution is 7.89. The molecule has 0 saturated carbocycles. The molecular formula is C18H23N3O5S. The molecule has 1 aromatic heterocycles. The average molecular weight is 393 g/mol. The number of sulfonamides is 1. The van der Waals surface area contributed by atoms with Crippen LogP contribution in [0.25, 0.3) is 10.9 Å². The number of fused-ring (bicyclic) bond motifs is 1. The van der Waals surface area contributed by atoms with Gasteiger partial charge in [-0.3, -0.25) is 9.59 Å². The number of H-pyrrole nitrogens is 1. The Bertz CT molecular complexity index is 991. The second-order valence-corrected chi connectivity index (χ2v) is 8.81. The second kappa shape index (κ2) is 7.79. The van der Waals surface area contributed by atoms with E-state index in [2.05, 4.69) is 10.3 Å². The van der Waals surface area contributed by atoms with E-state index in [9.17, 15) is 18.0 Å². The number of nitrogens with one attached hydrogen (secondary N) is 2. The maximum atomic E-state index is 12.5. The van der Waals surface area contributed by atoms with Crippen LogP contribution in [0.3, 0.4) is 0 Å². The van der Waals surface area contributed by atoms with Crippen LogP contribution in [0.1, 0.15) is 24.2 Å². The van der Waals surface area contributed by atoms with Crippen molar-refractivity contribution in [1.82, 2.24) is 14.6 Å². The Morgan fingerprint density at radius 2 is 1.93 bits per heavy atom. The van der Waals surface area contributed by atoms with Crippen molar-refractivity contribution >= 4 is 26.8 Å². The average Bonchev–Trinajstić information content (AvgIpc) is 2.61. The van der Waals surface area contributed by atoms with Gasteiger partial charge in [-0.2, -0.15) is 4.31 Å². The Labute approximate surface area is 157 Å². The predicted molar refractivity (Wildman–Crippen MR) is 102 cm³/mol. The van der Waals surface area contributed by atoms with E-state index < -0.39 is 15.9 Å². The molecule has 0 aliphatic carbocycles. The van der Waals surface area contributed by atoms with Gasteiger partial charge >= 0.3 is 0 Å². The van der Waals surface area contributed by atoms with Crippen LogP contribution >= 0.6 is 0 Å². The Morgan fingerprint density at radius 1 is 1.26 bits per heavy atom. The summed E-state index contributed by atoms with van der Waals surface area (Å²) in [6.07, 6.45) is 1.00. The van der Waals surface area contributed by atoms with Crippen molar-refractivity contribution in [2.24, 2.45) is 0 Å². The van der Waals surface area contributed by atoms with E-state index in [0.717, 1.165) is 0 Å². The maximum absolute atomic E-state index is 12.5. The van der Waals surface area contributed by atoms with Gasteiger partial charge in [-0.1, -0.05) is 12.1 Å². The molecule has 1 aliphatic rings. The molecule has 2 heterocycles. The van der Waals surface area contributed by atoms with Crippen molar-refractivity contribution in [1.29, 1.82) is 0 Å². The van der Waals surface area contributed by atoms with Gasteiger partial charge in [0, 0.05) is 36.7 Å². The monoisotopic (exact) mass is 393 g/mol. The molecule has 1 saturated heterocycles. The molecule has 2 aromatic rings. The summed E-state index contributed by atoms with van der Waals surface area (Å²) in [4.78, 5) is 27.7. The molecule has 2 atom stereocenters. The van der Waals surface area contributed by atoms with Crippen LogP contribution in [0.4, 0.5) is 0 Å². The minimum absolute atomic E-state index is 0.0419. The molecule has 1 aliphatic heterocycles. The summed E-state index contributed by atoms with van der Waals surface area (Å²) in [5.41, 5.74) is 0.206. The lowest BCUT2D eigenvalue weighted by Gasteiger charge is -2.34. The van der Waals surface area contributed by atoms with Crippen LogP contribution in [-0.2, 0) is 14.8 Å². The molecule has 2 unspecified atom stereocenters. The standard InChI is InChI=1S/C18H23N3O5S/c1-12-10-21(11-13(2)26-12)27(24,25)8-7-19-18(23)15-9-20-16-6-4-3-5-14(16)17(15)22/h3-6,9,12-13H,7-8,10-11H2,1-2H3,(H,19,23)(H,20,22). The predicted octanol–water partition coefficient (Wildman–Crippen LogP) is 0.697. The highest BCUT2D eigenvalue weighted by atomic mass is 32.2. The zero-order chi connectivity index (χ0) is 19.6. The molecule has 1 amide bonds. The first kappa shape index (κ1) is 19.5. The highest BCUT2D eigenvalue weighted by Crippen LogP contribution is 2.14. The molecule has 0 bridgehead atoms. The quantitative estimate of drug-likeness (QED) is 0.777. The maximum Gasteiger partial charge on any atom is 0.256 e. The Kier molecular flexibility index (Phi) is 5.64. The van der Waals surface area contributed by atoms with Crippen LogP contribution in [0.5, 0.6) is 0 Å². The summed E-state index contributed by atoms with van der Waals surface area (Å²) in [6, 6.07) is 6.89. The number of aromatic nitrogens is 1. The van der Waals surface area contributed by atoms with Crippen molar-refractivity contribution in [2.45, 2.75) is 26.1 Å². The van der Waals surface area contributed by atoms with Crippen molar-refractivity contribution in [3.8, 4) is 0 Å². The van der Waals surface area contributed by atoms with E-state index in [4.69, 9.17) is 4.74 Å². The number of hydrogen-bond acceptors (Lipinski definition) is 5. The molecule has 9 heteroatoms. The summed E-state index contributed by atoms with van der Waals surface area (Å²) >= 11 is 0. The fraction of sp³-hybridized carbons (Fsp3) is 0.444. The zero-order valence-electron chi connectivity index (χ0n) is 15.3. The Hall–Kier alpha value is -2.23. The summed E-state index contributed by atoms with van der Waals surface area (Å²) in [5.74, 6) is -0.829. The van der Waals surface area contributed by atoms with E-state index in [1.54, 1.807) is 24.3 Å². The van der Waals surface area contributed by atoms with Crippen LogP contribution in [0.15, 0.2) is 35.3 Å². The van der Waals surface area contributed by atoms with Gasteiger partial charge in [0.1, 0.15) is 5.56 Å². The van der Waals surface area contributed by atoms with E-state index in [0.29, 0.717) is 24.0 Å².